The van der Waals surface area contributed by atoms with Crippen molar-refractivity contribution in [2.45, 2.75) is 44.9 Å². The minimum Gasteiger partial charge on any atom is -0.381 e. The van der Waals surface area contributed by atoms with E-state index in [-0.39, 0.29) is 17.2 Å². The molecule has 0 radical (unpaired) electrons. The zero-order chi connectivity index (χ0) is 16.3. The van der Waals surface area contributed by atoms with Crippen molar-refractivity contribution >= 4 is 17.6 Å². The van der Waals surface area contributed by atoms with Gasteiger partial charge in [0.2, 0.25) is 0 Å². The Morgan fingerprint density at radius 3 is 2.82 bits per heavy atom. The van der Waals surface area contributed by atoms with Crippen LogP contribution in [0, 0.1) is 0 Å². The summed E-state index contributed by atoms with van der Waals surface area (Å²) in [6, 6.07) is 0. The number of methoxy groups -OCH3 is 1. The molecule has 0 N–H and O–H groups in total. The molecule has 2 atom stereocenters. The number of nitrogens with zero attached hydrogens (tertiary/aromatic N) is 3. The van der Waals surface area contributed by atoms with Crippen molar-refractivity contribution in [3.05, 3.63) is 24.7 Å². The third-order valence-corrected chi connectivity index (χ3v) is 4.77. The van der Waals surface area contributed by atoms with E-state index >= 15 is 0 Å². The van der Waals surface area contributed by atoms with Gasteiger partial charge in [-0.05, 0) is 33.8 Å². The summed E-state index contributed by atoms with van der Waals surface area (Å²) >= 11 is 1.76. The van der Waals surface area contributed by atoms with Gasteiger partial charge in [-0.3, -0.25) is 0 Å². The van der Waals surface area contributed by atoms with Crippen LogP contribution in [-0.2, 0) is 9.47 Å². The maximum absolute atomic E-state index is 5.97. The van der Waals surface area contributed by atoms with E-state index < -0.39 is 0 Å². The fourth-order valence-electron chi connectivity index (χ4n) is 2.67. The van der Waals surface area contributed by atoms with Crippen LogP contribution in [0.1, 0.15) is 27.7 Å². The number of hydrogen-bond donors (Lipinski definition) is 0. The number of ether oxygens (including phenoxy) is 2. The molecule has 0 aromatic rings. The third kappa shape index (κ3) is 3.86. The monoisotopic (exact) mass is 325 g/mol. The largest absolute Gasteiger partial charge is 0.381 e. The summed E-state index contributed by atoms with van der Waals surface area (Å²) in [4.78, 5) is 8.95. The third-order valence-electron chi connectivity index (χ3n) is 3.67. The summed E-state index contributed by atoms with van der Waals surface area (Å²) in [7, 11) is 1.69. The molecule has 0 bridgehead atoms. The van der Waals surface area contributed by atoms with E-state index in [4.69, 9.17) is 9.47 Å². The Bertz CT molecular complexity index is 471. The predicted octanol–water partition coefficient (Wildman–Crippen LogP) is 2.87. The fraction of sp³-hybridized carbons (Fsp3) is 0.688. The molecule has 1 saturated heterocycles. The molecule has 2 rings (SSSR count). The van der Waals surface area contributed by atoms with Crippen molar-refractivity contribution in [2.75, 3.05) is 26.0 Å². The smallest absolute Gasteiger partial charge is 0.145 e. The Morgan fingerprint density at radius 1 is 1.55 bits per heavy atom. The Morgan fingerprint density at radius 2 is 2.27 bits per heavy atom. The number of amidine groups is 1. The summed E-state index contributed by atoms with van der Waals surface area (Å²) < 4.78 is 11.1. The predicted molar refractivity (Wildman–Crippen MR) is 92.7 cm³/mol. The van der Waals surface area contributed by atoms with Crippen LogP contribution in [0.25, 0.3) is 0 Å². The molecule has 1 fully saturated rings. The standard InChI is InChI=1S/C16H27N3O2S/c1-7-19(16(3,4)5)13-8-9-18(12(2)17-13)14-11-22-15(21-14)10-20-6/h8-9,14-15H,2,7,10-11H2,1,3-6H3/t14-,15+/m1/s1. The van der Waals surface area contributed by atoms with Crippen LogP contribution in [-0.4, -0.2) is 58.9 Å². The summed E-state index contributed by atoms with van der Waals surface area (Å²) in [6.07, 6.45) is 4.05. The van der Waals surface area contributed by atoms with Gasteiger partial charge in [0.25, 0.3) is 0 Å². The van der Waals surface area contributed by atoms with E-state index in [0.717, 1.165) is 24.0 Å². The molecule has 2 heterocycles. The molecule has 0 aromatic heterocycles. The molecular weight excluding hydrogens is 298 g/mol. The lowest BCUT2D eigenvalue weighted by molar-refractivity contribution is -0.0312. The van der Waals surface area contributed by atoms with Gasteiger partial charge >= 0.3 is 0 Å². The maximum Gasteiger partial charge on any atom is 0.145 e. The second-order valence-corrected chi connectivity index (χ2v) is 7.53. The molecular formula is C16H27N3O2S. The van der Waals surface area contributed by atoms with Gasteiger partial charge in [0, 0.05) is 31.1 Å². The van der Waals surface area contributed by atoms with Crippen LogP contribution in [0.4, 0.5) is 0 Å². The van der Waals surface area contributed by atoms with E-state index in [1.807, 2.05) is 17.2 Å². The van der Waals surface area contributed by atoms with E-state index in [1.165, 1.54) is 0 Å². The second-order valence-electron chi connectivity index (χ2n) is 6.33. The van der Waals surface area contributed by atoms with E-state index in [1.54, 1.807) is 18.9 Å². The van der Waals surface area contributed by atoms with Gasteiger partial charge < -0.3 is 19.3 Å². The molecule has 5 nitrogen and oxygen atoms in total. The Hall–Kier alpha value is -0.980. The molecule has 0 aliphatic carbocycles. The molecule has 0 amide bonds. The van der Waals surface area contributed by atoms with Crippen molar-refractivity contribution in [1.29, 1.82) is 0 Å². The van der Waals surface area contributed by atoms with Crippen molar-refractivity contribution in [3.8, 4) is 0 Å². The van der Waals surface area contributed by atoms with Crippen LogP contribution in [0.2, 0.25) is 0 Å². The van der Waals surface area contributed by atoms with Crippen LogP contribution in [0.3, 0.4) is 0 Å². The highest BCUT2D eigenvalue weighted by Crippen LogP contribution is 2.31. The first kappa shape index (κ1) is 17.4. The maximum atomic E-state index is 5.97. The Balaban J connectivity index is 2.04. The normalized spacial score (nSPS) is 25.6. The van der Waals surface area contributed by atoms with Gasteiger partial charge in [-0.2, -0.15) is 0 Å². The van der Waals surface area contributed by atoms with Gasteiger partial charge in [-0.25, -0.2) is 4.99 Å². The number of aliphatic imine (C=N–C) groups is 1. The van der Waals surface area contributed by atoms with E-state index in [2.05, 4.69) is 44.2 Å². The zero-order valence-corrected chi connectivity index (χ0v) is 15.0. The fourth-order valence-corrected chi connectivity index (χ4v) is 3.72. The number of thioether (sulfide) groups is 1. The second kappa shape index (κ2) is 7.06. The molecule has 2 aliphatic rings. The molecule has 124 valence electrons. The van der Waals surface area contributed by atoms with Crippen LogP contribution in [0.5, 0.6) is 0 Å². The van der Waals surface area contributed by atoms with Crippen LogP contribution >= 0.6 is 11.8 Å². The van der Waals surface area contributed by atoms with Crippen molar-refractivity contribution < 1.29 is 9.47 Å². The highest BCUT2D eigenvalue weighted by Gasteiger charge is 2.32. The molecule has 0 aromatic carbocycles. The number of likely N-dealkylation sites (N-methyl/N-ethyl adjacent to an activating group) is 1. The van der Waals surface area contributed by atoms with Gasteiger partial charge in [-0.15, -0.1) is 11.8 Å². The molecule has 2 aliphatic heterocycles. The highest BCUT2D eigenvalue weighted by molar-refractivity contribution is 8.00. The molecule has 22 heavy (non-hydrogen) atoms. The lowest BCUT2D eigenvalue weighted by Crippen LogP contribution is -2.46. The minimum absolute atomic E-state index is 0.0242. The van der Waals surface area contributed by atoms with Crippen molar-refractivity contribution in [3.63, 3.8) is 0 Å². The summed E-state index contributed by atoms with van der Waals surface area (Å²) in [5, 5.41) is 0. The van der Waals surface area contributed by atoms with E-state index in [0.29, 0.717) is 6.61 Å². The SMILES string of the molecule is C=C1N=C(N(CC)C(C)(C)C)C=CN1[C@H]1CS[C@@H](COC)O1. The quantitative estimate of drug-likeness (QED) is 0.794. The first-order valence-electron chi connectivity index (χ1n) is 7.64. The number of hydrogen-bond acceptors (Lipinski definition) is 6. The highest BCUT2D eigenvalue weighted by atomic mass is 32.2. The topological polar surface area (TPSA) is 37.3 Å². The molecule has 0 unspecified atom stereocenters. The summed E-state index contributed by atoms with van der Waals surface area (Å²) in [5.74, 6) is 2.57. The average Bonchev–Trinajstić information content (AvgIpc) is 2.87. The van der Waals surface area contributed by atoms with Gasteiger partial charge in [0.05, 0.1) is 6.61 Å². The van der Waals surface area contributed by atoms with Crippen LogP contribution < -0.4 is 0 Å². The first-order chi connectivity index (χ1) is 10.4. The number of rotatable bonds is 4. The first-order valence-corrected chi connectivity index (χ1v) is 8.69. The van der Waals surface area contributed by atoms with Crippen LogP contribution in [0.15, 0.2) is 29.7 Å². The minimum atomic E-state index is -0.0242. The Labute approximate surface area is 138 Å². The zero-order valence-electron chi connectivity index (χ0n) is 14.2. The molecule has 0 spiro atoms. The average molecular weight is 325 g/mol. The Kier molecular flexibility index (Phi) is 5.58. The van der Waals surface area contributed by atoms with Gasteiger partial charge in [0.15, 0.2) is 0 Å². The summed E-state index contributed by atoms with van der Waals surface area (Å²) in [6.45, 7) is 14.3. The molecule has 0 saturated carbocycles. The molecule has 6 heteroatoms. The lowest BCUT2D eigenvalue weighted by atomic mass is 10.1. The van der Waals surface area contributed by atoms with Crippen molar-refractivity contribution in [1.82, 2.24) is 9.80 Å². The van der Waals surface area contributed by atoms with Gasteiger partial charge in [-0.1, -0.05) is 6.58 Å². The van der Waals surface area contributed by atoms with E-state index in [9.17, 15) is 0 Å². The van der Waals surface area contributed by atoms with Crippen molar-refractivity contribution in [2.24, 2.45) is 4.99 Å². The summed E-state index contributed by atoms with van der Waals surface area (Å²) in [5.41, 5.74) is 0.118. The van der Waals surface area contributed by atoms with Gasteiger partial charge in [0.1, 0.15) is 23.3 Å². The lowest BCUT2D eigenvalue weighted by Gasteiger charge is -2.39.